The van der Waals surface area contributed by atoms with E-state index < -0.39 is 0 Å². The Hall–Kier alpha value is -1.84. The highest BCUT2D eigenvalue weighted by Gasteiger charge is 2.21. The van der Waals surface area contributed by atoms with Crippen LogP contribution in [0.3, 0.4) is 0 Å². The van der Waals surface area contributed by atoms with Gasteiger partial charge in [0.15, 0.2) is 0 Å². The first-order chi connectivity index (χ1) is 14.2. The Kier molecular flexibility index (Phi) is 8.14. The number of rotatable bonds is 10. The van der Waals surface area contributed by atoms with E-state index in [1.165, 1.54) is 53.5 Å². The predicted octanol–water partition coefficient (Wildman–Crippen LogP) is 4.95. The standard InChI is InChI=1S/C26H37NO2/c1-19-6-5-8-26(29-2)25(19)14-10-20-9-11-22-17-23(13-12-21(22)16-20)24(18-27)7-3-4-15-28/h5-6,8,12-13,17,20,24,28H,3-4,7,9-11,14-16,18,27H2,1-2H3/t20-,24+/m0/s1. The second-order valence-corrected chi connectivity index (χ2v) is 8.58. The number of unbranched alkanes of at least 4 members (excludes halogenated alkanes) is 1. The SMILES string of the molecule is COc1cccc(C)c1CC[C@@H]1CCc2cc([C@@H](CN)CCCCO)ccc2C1. The number of hydrogen-bond donors (Lipinski definition) is 2. The molecular weight excluding hydrogens is 358 g/mol. The number of aliphatic hydroxyl groups is 1. The number of hydrogen-bond acceptors (Lipinski definition) is 3. The van der Waals surface area contributed by atoms with E-state index in [0.717, 1.165) is 37.4 Å². The molecule has 0 aromatic heterocycles. The van der Waals surface area contributed by atoms with Crippen LogP contribution in [0.1, 0.15) is 65.8 Å². The molecule has 0 saturated heterocycles. The highest BCUT2D eigenvalue weighted by atomic mass is 16.5. The summed E-state index contributed by atoms with van der Waals surface area (Å²) in [7, 11) is 1.77. The molecule has 3 N–H and O–H groups in total. The van der Waals surface area contributed by atoms with Crippen LogP contribution in [0.15, 0.2) is 36.4 Å². The van der Waals surface area contributed by atoms with Gasteiger partial charge >= 0.3 is 0 Å². The zero-order chi connectivity index (χ0) is 20.6. The van der Waals surface area contributed by atoms with Crippen LogP contribution in [-0.4, -0.2) is 25.4 Å². The molecule has 2 aromatic carbocycles. The van der Waals surface area contributed by atoms with Crippen molar-refractivity contribution in [2.45, 2.75) is 64.2 Å². The minimum absolute atomic E-state index is 0.275. The Labute approximate surface area is 176 Å². The molecule has 29 heavy (non-hydrogen) atoms. The normalized spacial score (nSPS) is 17.0. The van der Waals surface area contributed by atoms with Gasteiger partial charge < -0.3 is 15.6 Å². The van der Waals surface area contributed by atoms with Crippen LogP contribution >= 0.6 is 0 Å². The number of fused-ring (bicyclic) bond motifs is 1. The molecule has 0 saturated carbocycles. The molecule has 158 valence electrons. The second kappa shape index (κ2) is 10.8. The van der Waals surface area contributed by atoms with Gasteiger partial charge in [0.1, 0.15) is 5.75 Å². The van der Waals surface area contributed by atoms with Crippen LogP contribution in [0, 0.1) is 12.8 Å². The molecule has 0 unspecified atom stereocenters. The van der Waals surface area contributed by atoms with E-state index in [0.29, 0.717) is 12.5 Å². The van der Waals surface area contributed by atoms with E-state index >= 15 is 0 Å². The van der Waals surface area contributed by atoms with Crippen LogP contribution < -0.4 is 10.5 Å². The van der Waals surface area contributed by atoms with Crippen LogP contribution in [-0.2, 0) is 19.3 Å². The average Bonchev–Trinajstić information content (AvgIpc) is 2.75. The monoisotopic (exact) mass is 395 g/mol. The van der Waals surface area contributed by atoms with E-state index in [4.69, 9.17) is 15.6 Å². The molecule has 3 heteroatoms. The molecule has 1 aliphatic carbocycles. The highest BCUT2D eigenvalue weighted by molar-refractivity contribution is 5.40. The van der Waals surface area contributed by atoms with E-state index in [2.05, 4.69) is 43.3 Å². The van der Waals surface area contributed by atoms with E-state index in [9.17, 15) is 0 Å². The van der Waals surface area contributed by atoms with Gasteiger partial charge in [0, 0.05) is 6.61 Å². The summed E-state index contributed by atoms with van der Waals surface area (Å²) >= 11 is 0. The lowest BCUT2D eigenvalue weighted by atomic mass is 9.79. The van der Waals surface area contributed by atoms with Gasteiger partial charge in [0.2, 0.25) is 0 Å². The van der Waals surface area contributed by atoms with Gasteiger partial charge in [-0.05, 0) is 104 Å². The van der Waals surface area contributed by atoms with Gasteiger partial charge in [-0.15, -0.1) is 0 Å². The van der Waals surface area contributed by atoms with Crippen LogP contribution in [0.4, 0.5) is 0 Å². The van der Waals surface area contributed by atoms with E-state index in [1.807, 2.05) is 0 Å². The molecule has 3 nitrogen and oxygen atoms in total. The molecule has 0 spiro atoms. The minimum atomic E-state index is 0.275. The average molecular weight is 396 g/mol. The van der Waals surface area contributed by atoms with Gasteiger partial charge in [-0.2, -0.15) is 0 Å². The highest BCUT2D eigenvalue weighted by Crippen LogP contribution is 2.33. The maximum absolute atomic E-state index is 9.03. The fraction of sp³-hybridized carbons (Fsp3) is 0.538. The van der Waals surface area contributed by atoms with Crippen molar-refractivity contribution in [3.05, 3.63) is 64.2 Å². The van der Waals surface area contributed by atoms with Crippen LogP contribution in [0.5, 0.6) is 5.75 Å². The first-order valence-electron chi connectivity index (χ1n) is 11.2. The number of methoxy groups -OCH3 is 1. The summed E-state index contributed by atoms with van der Waals surface area (Å²) in [6, 6.07) is 13.4. The van der Waals surface area contributed by atoms with Gasteiger partial charge in [-0.1, -0.05) is 36.8 Å². The number of nitrogens with two attached hydrogens (primary N) is 1. The summed E-state index contributed by atoms with van der Waals surface area (Å²) in [5.41, 5.74) is 13.2. The zero-order valence-electron chi connectivity index (χ0n) is 18.1. The lowest BCUT2D eigenvalue weighted by Gasteiger charge is -2.27. The van der Waals surface area contributed by atoms with Gasteiger partial charge in [-0.3, -0.25) is 0 Å². The molecule has 0 fully saturated rings. The van der Waals surface area contributed by atoms with Crippen molar-refractivity contribution in [1.82, 2.24) is 0 Å². The van der Waals surface area contributed by atoms with Crippen molar-refractivity contribution in [1.29, 1.82) is 0 Å². The topological polar surface area (TPSA) is 55.5 Å². The fourth-order valence-corrected chi connectivity index (χ4v) is 4.81. The molecule has 2 atom stereocenters. The van der Waals surface area contributed by atoms with Gasteiger partial charge in [0.05, 0.1) is 7.11 Å². The molecule has 0 amide bonds. The first-order valence-corrected chi connectivity index (χ1v) is 11.2. The summed E-state index contributed by atoms with van der Waals surface area (Å²) in [4.78, 5) is 0. The first kappa shape index (κ1) is 21.9. The predicted molar refractivity (Wildman–Crippen MR) is 121 cm³/mol. The summed E-state index contributed by atoms with van der Waals surface area (Å²) in [5, 5.41) is 9.03. The zero-order valence-corrected chi connectivity index (χ0v) is 18.1. The Bertz CT molecular complexity index is 786. The Morgan fingerprint density at radius 3 is 2.79 bits per heavy atom. The Balaban J connectivity index is 1.61. The number of ether oxygens (including phenoxy) is 1. The lowest BCUT2D eigenvalue weighted by molar-refractivity contribution is 0.281. The summed E-state index contributed by atoms with van der Waals surface area (Å²) in [6.07, 6.45) is 8.91. The third-order valence-corrected chi connectivity index (χ3v) is 6.67. The maximum Gasteiger partial charge on any atom is 0.122 e. The number of aryl methyl sites for hydroxylation is 2. The lowest BCUT2D eigenvalue weighted by Crippen LogP contribution is -2.17. The van der Waals surface area contributed by atoms with Crippen molar-refractivity contribution < 1.29 is 9.84 Å². The second-order valence-electron chi connectivity index (χ2n) is 8.58. The smallest absolute Gasteiger partial charge is 0.122 e. The molecular formula is C26H37NO2. The Morgan fingerprint density at radius 1 is 1.17 bits per heavy atom. The van der Waals surface area contributed by atoms with Crippen molar-refractivity contribution in [2.75, 3.05) is 20.3 Å². The number of benzene rings is 2. The summed E-state index contributed by atoms with van der Waals surface area (Å²) < 4.78 is 5.58. The number of aliphatic hydroxyl groups excluding tert-OH is 1. The van der Waals surface area contributed by atoms with Gasteiger partial charge in [-0.25, -0.2) is 0 Å². The summed E-state index contributed by atoms with van der Waals surface area (Å²) in [5.74, 6) is 2.19. The molecule has 0 aliphatic heterocycles. The molecule has 0 heterocycles. The van der Waals surface area contributed by atoms with Crippen molar-refractivity contribution in [2.24, 2.45) is 11.7 Å². The largest absolute Gasteiger partial charge is 0.496 e. The van der Waals surface area contributed by atoms with Crippen molar-refractivity contribution in [3.63, 3.8) is 0 Å². The Morgan fingerprint density at radius 2 is 2.03 bits per heavy atom. The fourth-order valence-electron chi connectivity index (χ4n) is 4.81. The minimum Gasteiger partial charge on any atom is -0.496 e. The quantitative estimate of drug-likeness (QED) is 0.560. The molecule has 2 aromatic rings. The van der Waals surface area contributed by atoms with Crippen molar-refractivity contribution >= 4 is 0 Å². The third-order valence-electron chi connectivity index (χ3n) is 6.67. The summed E-state index contributed by atoms with van der Waals surface area (Å²) in [6.45, 7) is 3.15. The van der Waals surface area contributed by atoms with E-state index in [-0.39, 0.29) is 6.61 Å². The third kappa shape index (κ3) is 5.61. The maximum atomic E-state index is 9.03. The van der Waals surface area contributed by atoms with Gasteiger partial charge in [0.25, 0.3) is 0 Å². The van der Waals surface area contributed by atoms with Crippen molar-refractivity contribution in [3.8, 4) is 5.75 Å². The molecule has 3 rings (SSSR count). The molecule has 0 radical (unpaired) electrons. The molecule has 1 aliphatic rings. The molecule has 0 bridgehead atoms. The van der Waals surface area contributed by atoms with Crippen LogP contribution in [0.2, 0.25) is 0 Å². The van der Waals surface area contributed by atoms with E-state index in [1.54, 1.807) is 7.11 Å². The van der Waals surface area contributed by atoms with Crippen LogP contribution in [0.25, 0.3) is 0 Å².